The molecule has 0 saturated heterocycles. The van der Waals surface area contributed by atoms with Gasteiger partial charge in [-0.25, -0.2) is 24.4 Å². The summed E-state index contributed by atoms with van der Waals surface area (Å²) in [4.78, 5) is 42.4. The summed E-state index contributed by atoms with van der Waals surface area (Å²) in [5, 5.41) is 6.23. The third kappa shape index (κ3) is 3.86. The van der Waals surface area contributed by atoms with E-state index >= 15 is 0 Å². The zero-order valence-electron chi connectivity index (χ0n) is 18.6. The quantitative estimate of drug-likeness (QED) is 0.210. The van der Waals surface area contributed by atoms with Gasteiger partial charge in [0.2, 0.25) is 0 Å². The van der Waals surface area contributed by atoms with Gasteiger partial charge in [-0.1, -0.05) is 30.0 Å². The molecule has 172 valence electrons. The molecule has 0 fully saturated rings. The van der Waals surface area contributed by atoms with E-state index < -0.39 is 5.97 Å². The highest BCUT2D eigenvalue weighted by atomic mass is 32.2. The highest BCUT2D eigenvalue weighted by Crippen LogP contribution is 2.36. The lowest BCUT2D eigenvalue weighted by Gasteiger charge is -2.10. The van der Waals surface area contributed by atoms with E-state index in [9.17, 15) is 9.59 Å². The lowest BCUT2D eigenvalue weighted by atomic mass is 10.2. The second kappa shape index (κ2) is 8.99. The predicted molar refractivity (Wildman–Crippen MR) is 132 cm³/mol. The minimum Gasteiger partial charge on any atom is -0.462 e. The molecule has 11 heteroatoms. The maximum absolute atomic E-state index is 12.9. The van der Waals surface area contributed by atoms with Crippen LogP contribution in [0.1, 0.15) is 40.2 Å². The maximum atomic E-state index is 12.9. The molecule has 4 heterocycles. The number of hydrogen-bond donors (Lipinski definition) is 1. The molecular weight excluding hydrogens is 472 g/mol. The van der Waals surface area contributed by atoms with Crippen LogP contribution in [0.2, 0.25) is 0 Å². The lowest BCUT2D eigenvalue weighted by Crippen LogP contribution is -2.13. The Balaban J connectivity index is 1.49. The Morgan fingerprint density at radius 1 is 1.26 bits per heavy atom. The summed E-state index contributed by atoms with van der Waals surface area (Å²) < 4.78 is 6.88. The van der Waals surface area contributed by atoms with Crippen molar-refractivity contribution in [1.29, 1.82) is 0 Å². The highest BCUT2D eigenvalue weighted by molar-refractivity contribution is 7.99. The summed E-state index contributed by atoms with van der Waals surface area (Å²) in [5.74, 6) is 0.0616. The zero-order chi connectivity index (χ0) is 23.8. The summed E-state index contributed by atoms with van der Waals surface area (Å²) in [6.07, 6.45) is 3.25. The third-order valence-electron chi connectivity index (χ3n) is 5.28. The second-order valence-electron chi connectivity index (χ2n) is 7.48. The molecule has 5 rings (SSSR count). The van der Waals surface area contributed by atoms with Crippen molar-refractivity contribution in [3.8, 4) is 5.69 Å². The molecule has 0 bridgehead atoms. The van der Waals surface area contributed by atoms with E-state index in [0.29, 0.717) is 32.1 Å². The average molecular weight is 493 g/mol. The van der Waals surface area contributed by atoms with Crippen molar-refractivity contribution >= 4 is 50.3 Å². The average Bonchev–Trinajstić information content (AvgIpc) is 3.42. The Morgan fingerprint density at radius 2 is 2.06 bits per heavy atom. The molecule has 9 nitrogen and oxygen atoms in total. The van der Waals surface area contributed by atoms with E-state index in [2.05, 4.69) is 25.0 Å². The number of para-hydroxylation sites is 1. The van der Waals surface area contributed by atoms with Gasteiger partial charge in [-0.2, -0.15) is 5.10 Å². The number of hydrogen-bond acceptors (Lipinski definition) is 9. The number of nitrogens with one attached hydrogen (secondary N) is 1. The second-order valence-corrected chi connectivity index (χ2v) is 9.80. The molecule has 0 saturated carbocycles. The molecule has 1 N–H and O–H groups in total. The van der Waals surface area contributed by atoms with Crippen LogP contribution in [0.25, 0.3) is 26.9 Å². The number of aryl methyl sites for hydroxylation is 1. The van der Waals surface area contributed by atoms with Crippen molar-refractivity contribution < 1.29 is 9.53 Å². The molecular formula is C23H20N6O3S2. The van der Waals surface area contributed by atoms with Crippen LogP contribution in [0.4, 0.5) is 0 Å². The van der Waals surface area contributed by atoms with Gasteiger partial charge in [-0.15, -0.1) is 11.3 Å². The van der Waals surface area contributed by atoms with Crippen LogP contribution in [0.5, 0.6) is 0 Å². The van der Waals surface area contributed by atoms with Crippen molar-refractivity contribution in [2.24, 2.45) is 0 Å². The Bertz CT molecular complexity index is 1570. The number of thiophene rings is 1. The smallest absolute Gasteiger partial charge is 0.348 e. The minimum atomic E-state index is -0.440. The van der Waals surface area contributed by atoms with Gasteiger partial charge in [0.05, 0.1) is 34.5 Å². The van der Waals surface area contributed by atoms with Gasteiger partial charge >= 0.3 is 5.97 Å². The first kappa shape index (κ1) is 22.2. The zero-order valence-corrected chi connectivity index (χ0v) is 20.2. The summed E-state index contributed by atoms with van der Waals surface area (Å²) >= 11 is 2.63. The van der Waals surface area contributed by atoms with Crippen LogP contribution < -0.4 is 5.56 Å². The number of rotatable bonds is 6. The van der Waals surface area contributed by atoms with E-state index in [0.717, 1.165) is 16.1 Å². The van der Waals surface area contributed by atoms with Crippen LogP contribution in [0.15, 0.2) is 52.7 Å². The number of carbonyl (C=O) groups excluding carboxylic acids is 1. The largest absolute Gasteiger partial charge is 0.462 e. The number of ether oxygens (including phenoxy) is 1. The SMILES string of the molecule is CCOC(=O)c1sc2nc([C@H](C)Sc3ncnc4c3cnn4-c3ccccc3)[nH]c(=O)c2c1C. The van der Waals surface area contributed by atoms with E-state index in [1.807, 2.05) is 37.3 Å². The van der Waals surface area contributed by atoms with Gasteiger partial charge in [0, 0.05) is 0 Å². The number of esters is 1. The van der Waals surface area contributed by atoms with Crippen LogP contribution in [-0.2, 0) is 4.74 Å². The van der Waals surface area contributed by atoms with Gasteiger partial charge in [-0.3, -0.25) is 4.79 Å². The number of thioether (sulfide) groups is 1. The third-order valence-corrected chi connectivity index (χ3v) is 7.57. The van der Waals surface area contributed by atoms with Crippen LogP contribution >= 0.6 is 23.1 Å². The molecule has 0 spiro atoms. The number of aromatic nitrogens is 6. The standard InChI is InChI=1S/C23H20N6O3S2/c1-4-32-23(31)17-12(2)16-20(30)27-18(28-22(16)34-17)13(3)33-21-15-10-26-29(19(15)24-11-25-21)14-8-6-5-7-9-14/h5-11,13H,4H2,1-3H3,(H,27,28,30)/t13-/m0/s1. The molecule has 0 amide bonds. The number of fused-ring (bicyclic) bond motifs is 2. The fraction of sp³-hybridized carbons (Fsp3) is 0.217. The summed E-state index contributed by atoms with van der Waals surface area (Å²) in [5.41, 5.74) is 1.91. The Hall–Kier alpha value is -3.57. The van der Waals surface area contributed by atoms with Crippen LogP contribution in [0, 0.1) is 6.92 Å². The fourth-order valence-corrected chi connectivity index (χ4v) is 5.66. The first-order chi connectivity index (χ1) is 16.5. The maximum Gasteiger partial charge on any atom is 0.348 e. The van der Waals surface area contributed by atoms with Crippen LogP contribution in [0.3, 0.4) is 0 Å². The lowest BCUT2D eigenvalue weighted by molar-refractivity contribution is 0.0531. The number of nitrogens with zero attached hydrogens (tertiary/aromatic N) is 5. The van der Waals surface area contributed by atoms with Crippen molar-refractivity contribution in [2.45, 2.75) is 31.0 Å². The molecule has 5 aromatic rings. The first-order valence-corrected chi connectivity index (χ1v) is 12.3. The molecule has 0 unspecified atom stereocenters. The number of carbonyl (C=O) groups is 1. The molecule has 1 atom stereocenters. The van der Waals surface area contributed by atoms with Gasteiger partial charge in [-0.05, 0) is 38.5 Å². The minimum absolute atomic E-state index is 0.219. The van der Waals surface area contributed by atoms with E-state index in [1.165, 1.54) is 29.4 Å². The fourth-order valence-electron chi connectivity index (χ4n) is 3.64. The predicted octanol–water partition coefficient (Wildman–Crippen LogP) is 4.45. The van der Waals surface area contributed by atoms with E-state index in [-0.39, 0.29) is 17.4 Å². The van der Waals surface area contributed by atoms with Gasteiger partial charge in [0.1, 0.15) is 26.9 Å². The summed E-state index contributed by atoms with van der Waals surface area (Å²) in [6.45, 7) is 5.69. The molecule has 0 aliphatic carbocycles. The summed E-state index contributed by atoms with van der Waals surface area (Å²) in [7, 11) is 0. The molecule has 1 aromatic carbocycles. The van der Waals surface area contributed by atoms with Gasteiger partial charge in [0.15, 0.2) is 5.65 Å². The number of aromatic amines is 1. The molecule has 0 aliphatic heterocycles. The van der Waals surface area contributed by atoms with Gasteiger partial charge < -0.3 is 9.72 Å². The molecule has 0 radical (unpaired) electrons. The molecule has 34 heavy (non-hydrogen) atoms. The normalized spacial score (nSPS) is 12.3. The van der Waals surface area contributed by atoms with Crippen molar-refractivity contribution in [2.75, 3.05) is 6.61 Å². The first-order valence-electron chi connectivity index (χ1n) is 10.6. The Kier molecular flexibility index (Phi) is 5.88. The molecule has 4 aromatic heterocycles. The van der Waals surface area contributed by atoms with Crippen molar-refractivity contribution in [3.63, 3.8) is 0 Å². The van der Waals surface area contributed by atoms with Crippen molar-refractivity contribution in [1.82, 2.24) is 29.7 Å². The Morgan fingerprint density at radius 3 is 2.82 bits per heavy atom. The van der Waals surface area contributed by atoms with E-state index in [1.54, 1.807) is 24.7 Å². The van der Waals surface area contributed by atoms with Crippen LogP contribution in [-0.4, -0.2) is 42.3 Å². The summed E-state index contributed by atoms with van der Waals surface area (Å²) in [6, 6.07) is 9.75. The van der Waals surface area contributed by atoms with Crippen molar-refractivity contribution in [3.05, 3.63) is 69.5 Å². The molecule has 0 aliphatic rings. The monoisotopic (exact) mass is 492 g/mol. The number of benzene rings is 1. The van der Waals surface area contributed by atoms with E-state index in [4.69, 9.17) is 4.74 Å². The Labute approximate surface area is 202 Å². The topological polar surface area (TPSA) is 116 Å². The number of H-pyrrole nitrogens is 1. The highest BCUT2D eigenvalue weighted by Gasteiger charge is 2.22. The van der Waals surface area contributed by atoms with Gasteiger partial charge in [0.25, 0.3) is 5.56 Å².